The predicted octanol–water partition coefficient (Wildman–Crippen LogP) is -1.64. The van der Waals surface area contributed by atoms with E-state index in [2.05, 4.69) is 0 Å². The summed E-state index contributed by atoms with van der Waals surface area (Å²) in [6.07, 6.45) is -0.589. The fourth-order valence-corrected chi connectivity index (χ4v) is 1.44. The number of carboxylic acids is 1. The van der Waals surface area contributed by atoms with Crippen LogP contribution >= 0.6 is 0 Å². The zero-order chi connectivity index (χ0) is 9.14. The van der Waals surface area contributed by atoms with Crippen LogP contribution in [-0.4, -0.2) is 58.5 Å². The average molecular weight is 175 g/mol. The third-order valence-corrected chi connectivity index (χ3v) is 2.08. The van der Waals surface area contributed by atoms with Gasteiger partial charge in [-0.25, -0.2) is 0 Å². The molecule has 0 amide bonds. The maximum absolute atomic E-state index is 10.3. The maximum Gasteiger partial charge on any atom is 0.317 e. The van der Waals surface area contributed by atoms with Crippen molar-refractivity contribution in [3.8, 4) is 0 Å². The molecule has 0 aliphatic carbocycles. The summed E-state index contributed by atoms with van der Waals surface area (Å²) in [5.74, 6) is -1.09. The molecule has 0 aromatic heterocycles. The third-order valence-electron chi connectivity index (χ3n) is 2.08. The Bertz CT molecular complexity index is 173. The van der Waals surface area contributed by atoms with Gasteiger partial charge in [0.15, 0.2) is 0 Å². The summed E-state index contributed by atoms with van der Waals surface area (Å²) in [4.78, 5) is 11.9. The molecular formula is C7H13NO4. The van der Waals surface area contributed by atoms with Crippen molar-refractivity contribution in [1.29, 1.82) is 0 Å². The van der Waals surface area contributed by atoms with E-state index in [0.717, 1.165) is 0 Å². The zero-order valence-electron chi connectivity index (χ0n) is 6.68. The third kappa shape index (κ3) is 2.17. The number of likely N-dealkylation sites (tertiary alicyclic amines) is 1. The summed E-state index contributed by atoms with van der Waals surface area (Å²) in [6.45, 7) is 0.659. The zero-order valence-corrected chi connectivity index (χ0v) is 6.68. The molecule has 1 heterocycles. The molecule has 12 heavy (non-hydrogen) atoms. The van der Waals surface area contributed by atoms with Crippen molar-refractivity contribution in [2.45, 2.75) is 6.10 Å². The predicted molar refractivity (Wildman–Crippen MR) is 40.7 cm³/mol. The number of hydrogen-bond donors (Lipinski definition) is 3. The van der Waals surface area contributed by atoms with E-state index in [1.165, 1.54) is 0 Å². The molecule has 0 bridgehead atoms. The number of carbonyl (C=O) groups is 1. The van der Waals surface area contributed by atoms with Crippen LogP contribution in [0.2, 0.25) is 0 Å². The van der Waals surface area contributed by atoms with E-state index in [-0.39, 0.29) is 19.1 Å². The molecule has 70 valence electrons. The van der Waals surface area contributed by atoms with Gasteiger partial charge in [0, 0.05) is 25.6 Å². The van der Waals surface area contributed by atoms with Crippen LogP contribution < -0.4 is 0 Å². The molecule has 1 saturated heterocycles. The summed E-state index contributed by atoms with van der Waals surface area (Å²) in [7, 11) is 0. The van der Waals surface area contributed by atoms with Gasteiger partial charge in [0.25, 0.3) is 0 Å². The van der Waals surface area contributed by atoms with Gasteiger partial charge in [-0.05, 0) is 0 Å². The lowest BCUT2D eigenvalue weighted by molar-refractivity contribution is -0.138. The van der Waals surface area contributed by atoms with Crippen molar-refractivity contribution in [3.63, 3.8) is 0 Å². The minimum atomic E-state index is -0.902. The maximum atomic E-state index is 10.3. The fraction of sp³-hybridized carbons (Fsp3) is 0.857. The van der Waals surface area contributed by atoms with Crippen LogP contribution in [0.25, 0.3) is 0 Å². The van der Waals surface area contributed by atoms with Gasteiger partial charge in [0.2, 0.25) is 0 Å². The Balaban J connectivity index is 2.37. The Morgan fingerprint density at radius 3 is 2.58 bits per heavy atom. The van der Waals surface area contributed by atoms with Crippen LogP contribution in [0.1, 0.15) is 0 Å². The van der Waals surface area contributed by atoms with E-state index >= 15 is 0 Å². The fourth-order valence-electron chi connectivity index (χ4n) is 1.44. The number of nitrogens with zero attached hydrogens (tertiary/aromatic N) is 1. The molecule has 3 N–H and O–H groups in total. The number of hydrogen-bond acceptors (Lipinski definition) is 4. The molecule has 0 saturated carbocycles. The Morgan fingerprint density at radius 2 is 2.17 bits per heavy atom. The number of aliphatic carboxylic acids is 1. The van der Waals surface area contributed by atoms with Gasteiger partial charge in [-0.1, -0.05) is 0 Å². The summed E-state index contributed by atoms with van der Waals surface area (Å²) in [5.41, 5.74) is 0. The highest BCUT2D eigenvalue weighted by atomic mass is 16.4. The Kier molecular flexibility index (Phi) is 3.02. The second-order valence-electron chi connectivity index (χ2n) is 3.10. The first-order chi connectivity index (χ1) is 5.63. The highest BCUT2D eigenvalue weighted by Gasteiger charge is 2.31. The second-order valence-corrected chi connectivity index (χ2v) is 3.10. The van der Waals surface area contributed by atoms with E-state index in [4.69, 9.17) is 10.2 Å². The summed E-state index contributed by atoms with van der Waals surface area (Å²) >= 11 is 0. The summed E-state index contributed by atoms with van der Waals surface area (Å²) in [5, 5.41) is 26.5. The topological polar surface area (TPSA) is 81.0 Å². The molecule has 2 unspecified atom stereocenters. The van der Waals surface area contributed by atoms with Crippen molar-refractivity contribution in [3.05, 3.63) is 0 Å². The van der Waals surface area contributed by atoms with Gasteiger partial charge in [0.1, 0.15) is 0 Å². The Hall–Kier alpha value is -0.650. The first kappa shape index (κ1) is 9.44. The van der Waals surface area contributed by atoms with Crippen molar-refractivity contribution in [2.24, 2.45) is 5.92 Å². The summed E-state index contributed by atoms with van der Waals surface area (Å²) < 4.78 is 0. The SMILES string of the molecule is O=C(O)CN1CC(O)C(CO)C1. The van der Waals surface area contributed by atoms with Gasteiger partial charge in [-0.2, -0.15) is 0 Å². The molecule has 1 rings (SSSR count). The van der Waals surface area contributed by atoms with Gasteiger partial charge in [-0.3, -0.25) is 9.69 Å². The van der Waals surface area contributed by atoms with Gasteiger partial charge < -0.3 is 15.3 Å². The van der Waals surface area contributed by atoms with E-state index in [1.807, 2.05) is 0 Å². The number of aliphatic hydroxyl groups excluding tert-OH is 2. The van der Waals surface area contributed by atoms with Crippen molar-refractivity contribution >= 4 is 5.97 Å². The highest BCUT2D eigenvalue weighted by molar-refractivity contribution is 5.69. The molecular weight excluding hydrogens is 162 g/mol. The molecule has 1 aliphatic rings. The van der Waals surface area contributed by atoms with Crippen LogP contribution in [0.5, 0.6) is 0 Å². The van der Waals surface area contributed by atoms with E-state index in [0.29, 0.717) is 13.1 Å². The van der Waals surface area contributed by atoms with E-state index in [1.54, 1.807) is 4.90 Å². The molecule has 5 heteroatoms. The number of β-amino-alcohol motifs (C(OH)–C–C–N with tert-alkyl or cyclic N) is 1. The standard InChI is InChI=1S/C7H13NO4/c9-4-5-1-8(2-6(5)10)3-7(11)12/h5-6,9-10H,1-4H2,(H,11,12). The minimum absolute atomic E-state index is 0.0619. The van der Waals surface area contributed by atoms with Crippen molar-refractivity contribution in [2.75, 3.05) is 26.2 Å². The number of rotatable bonds is 3. The molecule has 0 aromatic rings. The van der Waals surface area contributed by atoms with E-state index in [9.17, 15) is 9.90 Å². The molecule has 5 nitrogen and oxygen atoms in total. The lowest BCUT2D eigenvalue weighted by Crippen LogP contribution is -2.28. The first-order valence-corrected chi connectivity index (χ1v) is 3.86. The monoisotopic (exact) mass is 175 g/mol. The first-order valence-electron chi connectivity index (χ1n) is 3.86. The summed E-state index contributed by atoms with van der Waals surface area (Å²) in [6, 6.07) is 0. The molecule has 0 aromatic carbocycles. The van der Waals surface area contributed by atoms with Crippen LogP contribution in [-0.2, 0) is 4.79 Å². The van der Waals surface area contributed by atoms with Crippen LogP contribution in [0.15, 0.2) is 0 Å². The lowest BCUT2D eigenvalue weighted by atomic mass is 10.1. The second kappa shape index (κ2) is 3.84. The van der Waals surface area contributed by atoms with Gasteiger partial charge in [-0.15, -0.1) is 0 Å². The largest absolute Gasteiger partial charge is 0.480 e. The molecule has 0 radical (unpaired) electrons. The molecule has 0 spiro atoms. The smallest absolute Gasteiger partial charge is 0.317 e. The molecule has 2 atom stereocenters. The quantitative estimate of drug-likeness (QED) is 0.479. The lowest BCUT2D eigenvalue weighted by Gasteiger charge is -2.10. The highest BCUT2D eigenvalue weighted by Crippen LogP contribution is 2.15. The van der Waals surface area contributed by atoms with Gasteiger partial charge in [0.05, 0.1) is 12.6 Å². The van der Waals surface area contributed by atoms with Crippen molar-refractivity contribution in [1.82, 2.24) is 4.90 Å². The minimum Gasteiger partial charge on any atom is -0.480 e. The molecule has 1 fully saturated rings. The van der Waals surface area contributed by atoms with E-state index < -0.39 is 12.1 Å². The molecule has 1 aliphatic heterocycles. The average Bonchev–Trinajstić information content (AvgIpc) is 2.29. The van der Waals surface area contributed by atoms with Crippen LogP contribution in [0, 0.1) is 5.92 Å². The normalized spacial score (nSPS) is 30.8. The number of carboxylic acid groups (broad SMARTS) is 1. The Labute approximate surface area is 70.2 Å². The number of aliphatic hydroxyl groups is 2. The van der Waals surface area contributed by atoms with Crippen molar-refractivity contribution < 1.29 is 20.1 Å². The van der Waals surface area contributed by atoms with Crippen LogP contribution in [0.4, 0.5) is 0 Å². The van der Waals surface area contributed by atoms with Gasteiger partial charge >= 0.3 is 5.97 Å². The Morgan fingerprint density at radius 1 is 1.50 bits per heavy atom. The van der Waals surface area contributed by atoms with Crippen LogP contribution in [0.3, 0.4) is 0 Å².